The molecule has 0 aromatic carbocycles. The maximum atomic E-state index is 5.95. The second kappa shape index (κ2) is 9.88. The van der Waals surface area contributed by atoms with Crippen LogP contribution in [0.1, 0.15) is 60.8 Å². The first-order valence-electron chi connectivity index (χ1n) is 7.45. The van der Waals surface area contributed by atoms with Crippen molar-refractivity contribution < 1.29 is 18.0 Å². The van der Waals surface area contributed by atoms with Crippen LogP contribution in [0.3, 0.4) is 0 Å². The number of hydrogen-bond acceptors (Lipinski definition) is 4. The van der Waals surface area contributed by atoms with Crippen molar-refractivity contribution in [3.63, 3.8) is 0 Å². The number of hydrogen-bond donors (Lipinski definition) is 0. The number of ether oxygens (including phenoxy) is 1. The van der Waals surface area contributed by atoms with Crippen LogP contribution in [0, 0.1) is 0 Å². The minimum atomic E-state index is -2.69. The lowest BCUT2D eigenvalue weighted by Gasteiger charge is -2.32. The Morgan fingerprint density at radius 1 is 0.737 bits per heavy atom. The molecule has 0 heterocycles. The second-order valence-electron chi connectivity index (χ2n) is 5.63. The van der Waals surface area contributed by atoms with E-state index in [0.717, 1.165) is 19.3 Å². The van der Waals surface area contributed by atoms with Gasteiger partial charge >= 0.3 is 8.80 Å². The van der Waals surface area contributed by atoms with Crippen LogP contribution in [0.25, 0.3) is 0 Å². The molecule has 19 heavy (non-hydrogen) atoms. The molecule has 0 rings (SSSR count). The molecule has 0 unspecified atom stereocenters. The maximum absolute atomic E-state index is 5.95. The van der Waals surface area contributed by atoms with Crippen molar-refractivity contribution in [2.45, 2.75) is 66.4 Å². The Labute approximate surface area is 120 Å². The van der Waals surface area contributed by atoms with Gasteiger partial charge in [-0.2, -0.15) is 0 Å². The maximum Gasteiger partial charge on any atom is 0.528 e. The first kappa shape index (κ1) is 19.1. The molecule has 0 aliphatic carbocycles. The highest BCUT2D eigenvalue weighted by Gasteiger charge is 2.43. The van der Waals surface area contributed by atoms with Crippen LogP contribution in [-0.4, -0.2) is 40.5 Å². The average molecular weight is 292 g/mol. The summed E-state index contributed by atoms with van der Waals surface area (Å²) in [6, 6.07) is 0. The van der Waals surface area contributed by atoms with E-state index in [1.54, 1.807) is 0 Å². The van der Waals surface area contributed by atoms with Gasteiger partial charge in [0.2, 0.25) is 0 Å². The Morgan fingerprint density at radius 2 is 1.11 bits per heavy atom. The molecule has 0 aromatic rings. The molecule has 4 nitrogen and oxygen atoms in total. The van der Waals surface area contributed by atoms with E-state index >= 15 is 0 Å². The van der Waals surface area contributed by atoms with Crippen molar-refractivity contribution >= 4 is 8.80 Å². The summed E-state index contributed by atoms with van der Waals surface area (Å²) >= 11 is 0. The van der Waals surface area contributed by atoms with Gasteiger partial charge in [-0.3, -0.25) is 0 Å². The SMILES string of the molecule is CCCO[Si](COC(C)(C)C)(OCCC)OCCC. The molecule has 0 spiro atoms. The van der Waals surface area contributed by atoms with E-state index in [1.165, 1.54) is 0 Å². The van der Waals surface area contributed by atoms with Gasteiger partial charge in [-0.1, -0.05) is 20.8 Å². The summed E-state index contributed by atoms with van der Waals surface area (Å²) in [6.45, 7) is 14.3. The molecular formula is C14H32O4Si. The Balaban J connectivity index is 4.66. The van der Waals surface area contributed by atoms with Gasteiger partial charge in [0.25, 0.3) is 0 Å². The van der Waals surface area contributed by atoms with Crippen LogP contribution in [0.5, 0.6) is 0 Å². The summed E-state index contributed by atoms with van der Waals surface area (Å²) in [5, 5.41) is 0. The molecule has 0 atom stereocenters. The monoisotopic (exact) mass is 292 g/mol. The van der Waals surface area contributed by atoms with E-state index in [4.69, 9.17) is 18.0 Å². The fourth-order valence-electron chi connectivity index (χ4n) is 1.33. The predicted molar refractivity (Wildman–Crippen MR) is 80.2 cm³/mol. The molecule has 0 fully saturated rings. The third kappa shape index (κ3) is 9.57. The molecule has 0 aliphatic heterocycles. The zero-order chi connectivity index (χ0) is 14.8. The first-order chi connectivity index (χ1) is 8.89. The van der Waals surface area contributed by atoms with Crippen LogP contribution in [0.15, 0.2) is 0 Å². The van der Waals surface area contributed by atoms with Crippen molar-refractivity contribution in [1.29, 1.82) is 0 Å². The highest BCUT2D eigenvalue weighted by atomic mass is 28.4. The van der Waals surface area contributed by atoms with Gasteiger partial charge in [-0.05, 0) is 40.0 Å². The lowest BCUT2D eigenvalue weighted by molar-refractivity contribution is -0.0304. The summed E-state index contributed by atoms with van der Waals surface area (Å²) in [7, 11) is -2.69. The van der Waals surface area contributed by atoms with E-state index in [1.807, 2.05) is 20.8 Å². The fraction of sp³-hybridized carbons (Fsp3) is 1.00. The third-order valence-electron chi connectivity index (χ3n) is 2.26. The van der Waals surface area contributed by atoms with Crippen LogP contribution >= 0.6 is 0 Å². The Hall–Kier alpha value is 0.0569. The molecule has 0 N–H and O–H groups in total. The lowest BCUT2D eigenvalue weighted by Crippen LogP contribution is -2.52. The second-order valence-corrected chi connectivity index (χ2v) is 8.15. The smallest absolute Gasteiger partial charge is 0.372 e. The van der Waals surface area contributed by atoms with Gasteiger partial charge in [0.05, 0.1) is 5.60 Å². The topological polar surface area (TPSA) is 36.9 Å². The van der Waals surface area contributed by atoms with E-state index in [9.17, 15) is 0 Å². The summed E-state index contributed by atoms with van der Waals surface area (Å²) in [6.07, 6.45) is 3.29. The molecule has 0 aliphatic rings. The zero-order valence-corrected chi connectivity index (χ0v) is 14.6. The summed E-state index contributed by atoms with van der Waals surface area (Å²) < 4.78 is 23.7. The van der Waals surface area contributed by atoms with Gasteiger partial charge < -0.3 is 18.0 Å². The van der Waals surface area contributed by atoms with Gasteiger partial charge in [-0.15, -0.1) is 0 Å². The normalized spacial score (nSPS) is 12.9. The highest BCUT2D eigenvalue weighted by molar-refractivity contribution is 6.60. The average Bonchev–Trinajstić information content (AvgIpc) is 2.36. The zero-order valence-electron chi connectivity index (χ0n) is 13.6. The predicted octanol–water partition coefficient (Wildman–Crippen LogP) is 3.56. The summed E-state index contributed by atoms with van der Waals surface area (Å²) in [5.41, 5.74) is -0.209. The molecule has 0 saturated carbocycles. The number of rotatable bonds is 11. The molecule has 0 amide bonds. The van der Waals surface area contributed by atoms with Crippen molar-refractivity contribution in [2.75, 3.05) is 26.1 Å². The largest absolute Gasteiger partial charge is 0.528 e. The third-order valence-corrected chi connectivity index (χ3v) is 4.69. The standard InChI is InChI=1S/C14H32O4Si/c1-7-10-16-19(17-11-8-2,18-12-9-3)13-15-14(4,5)6/h7-13H2,1-6H3. The van der Waals surface area contributed by atoms with Gasteiger partial charge in [0.15, 0.2) is 0 Å². The lowest BCUT2D eigenvalue weighted by atomic mass is 10.2. The van der Waals surface area contributed by atoms with Crippen LogP contribution in [-0.2, 0) is 18.0 Å². The minimum absolute atomic E-state index is 0.209. The molecule has 5 heteroatoms. The molecule has 0 radical (unpaired) electrons. The van der Waals surface area contributed by atoms with Crippen LogP contribution < -0.4 is 0 Å². The summed E-state index contributed by atoms with van der Waals surface area (Å²) in [4.78, 5) is 0. The molecule has 0 saturated heterocycles. The van der Waals surface area contributed by atoms with Crippen molar-refractivity contribution in [3.8, 4) is 0 Å². The van der Waals surface area contributed by atoms with Crippen LogP contribution in [0.2, 0.25) is 0 Å². The van der Waals surface area contributed by atoms with Crippen molar-refractivity contribution in [2.24, 2.45) is 0 Å². The van der Waals surface area contributed by atoms with Crippen molar-refractivity contribution in [3.05, 3.63) is 0 Å². The van der Waals surface area contributed by atoms with E-state index in [2.05, 4.69) is 20.8 Å². The van der Waals surface area contributed by atoms with E-state index in [0.29, 0.717) is 26.1 Å². The van der Waals surface area contributed by atoms with Gasteiger partial charge in [0.1, 0.15) is 6.23 Å². The first-order valence-corrected chi connectivity index (χ1v) is 9.38. The highest BCUT2D eigenvalue weighted by Crippen LogP contribution is 2.17. The summed E-state index contributed by atoms with van der Waals surface area (Å²) in [5.74, 6) is 0. The van der Waals surface area contributed by atoms with E-state index in [-0.39, 0.29) is 5.60 Å². The van der Waals surface area contributed by atoms with E-state index < -0.39 is 8.80 Å². The molecule has 0 aromatic heterocycles. The fourth-order valence-corrected chi connectivity index (χ4v) is 3.98. The quantitative estimate of drug-likeness (QED) is 0.546. The Morgan fingerprint density at radius 3 is 1.37 bits per heavy atom. The van der Waals surface area contributed by atoms with Crippen LogP contribution in [0.4, 0.5) is 0 Å². The molecule has 116 valence electrons. The van der Waals surface area contributed by atoms with Gasteiger partial charge in [0, 0.05) is 19.8 Å². The minimum Gasteiger partial charge on any atom is -0.372 e. The van der Waals surface area contributed by atoms with Gasteiger partial charge in [-0.25, -0.2) is 0 Å². The Kier molecular flexibility index (Phi) is 9.91. The van der Waals surface area contributed by atoms with Crippen molar-refractivity contribution in [1.82, 2.24) is 0 Å². The Bertz CT molecular complexity index is 194. The molecular weight excluding hydrogens is 260 g/mol. The molecule has 0 bridgehead atoms.